The van der Waals surface area contributed by atoms with Gasteiger partial charge in [-0.3, -0.25) is 14.5 Å². The van der Waals surface area contributed by atoms with Crippen molar-refractivity contribution in [2.75, 3.05) is 6.54 Å². The van der Waals surface area contributed by atoms with Gasteiger partial charge in [-0.25, -0.2) is 0 Å². The number of carbonyl (C=O) groups excluding carboxylic acids is 1. The first-order valence-corrected chi connectivity index (χ1v) is 5.91. The molecule has 0 saturated carbocycles. The second kappa shape index (κ2) is 5.04. The molecule has 1 N–H and O–H groups in total. The Morgan fingerprint density at radius 1 is 1.35 bits per heavy atom. The summed E-state index contributed by atoms with van der Waals surface area (Å²) in [6.45, 7) is 7.38. The summed E-state index contributed by atoms with van der Waals surface area (Å²) in [7, 11) is 0. The smallest absolute Gasteiger partial charge is 0.320 e. The molecule has 5 nitrogen and oxygen atoms in total. The second-order valence-corrected chi connectivity index (χ2v) is 5.54. The third-order valence-electron chi connectivity index (χ3n) is 2.84. The van der Waals surface area contributed by atoms with Gasteiger partial charge in [0.05, 0.1) is 6.54 Å². The van der Waals surface area contributed by atoms with E-state index in [9.17, 15) is 9.59 Å². The SMILES string of the molecule is C[C@H]1CC[C@@H](C(=O)O)N1CC(=O)OC(C)(C)C. The normalized spacial score (nSPS) is 25.9. The molecule has 0 aliphatic carbocycles. The summed E-state index contributed by atoms with van der Waals surface area (Å²) in [5, 5.41) is 9.05. The van der Waals surface area contributed by atoms with Crippen LogP contribution in [0.15, 0.2) is 0 Å². The van der Waals surface area contributed by atoms with Crippen LogP contribution in [0.2, 0.25) is 0 Å². The zero-order chi connectivity index (χ0) is 13.2. The Hall–Kier alpha value is -1.10. The highest BCUT2D eigenvalue weighted by Gasteiger charge is 2.37. The van der Waals surface area contributed by atoms with Gasteiger partial charge < -0.3 is 9.84 Å². The van der Waals surface area contributed by atoms with Gasteiger partial charge in [0.2, 0.25) is 0 Å². The number of esters is 1. The fraction of sp³-hybridized carbons (Fsp3) is 0.833. The van der Waals surface area contributed by atoms with Crippen LogP contribution in [0, 0.1) is 0 Å². The molecule has 1 saturated heterocycles. The van der Waals surface area contributed by atoms with Crippen LogP contribution in [0.1, 0.15) is 40.5 Å². The average molecular weight is 243 g/mol. The first-order chi connectivity index (χ1) is 7.70. The molecule has 1 fully saturated rings. The standard InChI is InChI=1S/C12H21NO4/c1-8-5-6-9(11(15)16)13(8)7-10(14)17-12(2,3)4/h8-9H,5-7H2,1-4H3,(H,15,16)/t8-,9-/m0/s1. The predicted molar refractivity (Wildman–Crippen MR) is 62.7 cm³/mol. The van der Waals surface area contributed by atoms with E-state index in [-0.39, 0.29) is 18.6 Å². The van der Waals surface area contributed by atoms with E-state index in [1.807, 2.05) is 6.92 Å². The van der Waals surface area contributed by atoms with E-state index in [2.05, 4.69) is 0 Å². The average Bonchev–Trinajstić information content (AvgIpc) is 2.44. The lowest BCUT2D eigenvalue weighted by Gasteiger charge is -2.27. The first kappa shape index (κ1) is 14.0. The first-order valence-electron chi connectivity index (χ1n) is 5.91. The zero-order valence-electron chi connectivity index (χ0n) is 10.9. The Balaban J connectivity index is 2.59. The van der Waals surface area contributed by atoms with Crippen molar-refractivity contribution in [3.63, 3.8) is 0 Å². The van der Waals surface area contributed by atoms with E-state index >= 15 is 0 Å². The molecule has 0 spiro atoms. The van der Waals surface area contributed by atoms with E-state index in [4.69, 9.17) is 9.84 Å². The molecule has 0 aromatic heterocycles. The lowest BCUT2D eigenvalue weighted by Crippen LogP contribution is -2.44. The van der Waals surface area contributed by atoms with Crippen LogP contribution in [-0.4, -0.2) is 46.2 Å². The maximum Gasteiger partial charge on any atom is 0.320 e. The van der Waals surface area contributed by atoms with Gasteiger partial charge in [-0.15, -0.1) is 0 Å². The molecule has 0 bridgehead atoms. The van der Waals surface area contributed by atoms with Gasteiger partial charge in [-0.1, -0.05) is 0 Å². The van der Waals surface area contributed by atoms with E-state index in [0.717, 1.165) is 6.42 Å². The van der Waals surface area contributed by atoms with Gasteiger partial charge >= 0.3 is 11.9 Å². The molecule has 1 aliphatic heterocycles. The van der Waals surface area contributed by atoms with Crippen LogP contribution in [0.4, 0.5) is 0 Å². The number of hydrogen-bond donors (Lipinski definition) is 1. The molecule has 17 heavy (non-hydrogen) atoms. The maximum absolute atomic E-state index is 11.7. The molecule has 0 aromatic rings. The maximum atomic E-state index is 11.7. The number of ether oxygens (including phenoxy) is 1. The van der Waals surface area contributed by atoms with Crippen molar-refractivity contribution >= 4 is 11.9 Å². The van der Waals surface area contributed by atoms with Crippen LogP contribution >= 0.6 is 0 Å². The third-order valence-corrected chi connectivity index (χ3v) is 2.84. The van der Waals surface area contributed by atoms with Gasteiger partial charge in [0.15, 0.2) is 0 Å². The summed E-state index contributed by atoms with van der Waals surface area (Å²) in [5.41, 5.74) is -0.529. The molecule has 0 amide bonds. The highest BCUT2D eigenvalue weighted by Crippen LogP contribution is 2.24. The van der Waals surface area contributed by atoms with Crippen LogP contribution < -0.4 is 0 Å². The van der Waals surface area contributed by atoms with Gasteiger partial charge in [-0.2, -0.15) is 0 Å². The summed E-state index contributed by atoms with van der Waals surface area (Å²) in [6.07, 6.45) is 1.40. The number of rotatable bonds is 3. The molecule has 0 unspecified atom stereocenters. The molecular weight excluding hydrogens is 222 g/mol. The summed E-state index contributed by atoms with van der Waals surface area (Å²) >= 11 is 0. The lowest BCUT2D eigenvalue weighted by molar-refractivity contribution is -0.158. The van der Waals surface area contributed by atoms with Crippen LogP contribution in [-0.2, 0) is 14.3 Å². The number of likely N-dealkylation sites (tertiary alicyclic amines) is 1. The monoisotopic (exact) mass is 243 g/mol. The number of carbonyl (C=O) groups is 2. The van der Waals surface area contributed by atoms with Crippen molar-refractivity contribution in [1.29, 1.82) is 0 Å². The number of carboxylic acid groups (broad SMARTS) is 1. The number of hydrogen-bond acceptors (Lipinski definition) is 4. The minimum Gasteiger partial charge on any atom is -0.480 e. The van der Waals surface area contributed by atoms with Gasteiger partial charge in [-0.05, 0) is 40.5 Å². The van der Waals surface area contributed by atoms with Crippen molar-refractivity contribution in [3.05, 3.63) is 0 Å². The summed E-state index contributed by atoms with van der Waals surface area (Å²) < 4.78 is 5.20. The Morgan fingerprint density at radius 2 is 1.94 bits per heavy atom. The fourth-order valence-corrected chi connectivity index (χ4v) is 2.09. The van der Waals surface area contributed by atoms with E-state index in [1.165, 1.54) is 0 Å². The lowest BCUT2D eigenvalue weighted by atomic mass is 10.2. The van der Waals surface area contributed by atoms with Gasteiger partial charge in [0.25, 0.3) is 0 Å². The number of aliphatic carboxylic acids is 1. The Bertz CT molecular complexity index is 308. The molecule has 0 radical (unpaired) electrons. The summed E-state index contributed by atoms with van der Waals surface area (Å²) in [5.74, 6) is -1.23. The van der Waals surface area contributed by atoms with Crippen molar-refractivity contribution in [1.82, 2.24) is 4.90 Å². The molecule has 98 valence electrons. The van der Waals surface area contributed by atoms with Crippen molar-refractivity contribution in [2.45, 2.75) is 58.2 Å². The minimum atomic E-state index is -0.863. The molecule has 1 aliphatic rings. The van der Waals surface area contributed by atoms with E-state index < -0.39 is 17.6 Å². The molecular formula is C12H21NO4. The zero-order valence-corrected chi connectivity index (χ0v) is 10.9. The third kappa shape index (κ3) is 4.00. The van der Waals surface area contributed by atoms with Crippen molar-refractivity contribution in [2.24, 2.45) is 0 Å². The molecule has 5 heteroatoms. The molecule has 1 heterocycles. The van der Waals surface area contributed by atoms with Gasteiger partial charge in [0.1, 0.15) is 11.6 Å². The summed E-state index contributed by atoms with van der Waals surface area (Å²) in [6, 6.07) is -0.443. The van der Waals surface area contributed by atoms with Crippen LogP contribution in [0.5, 0.6) is 0 Å². The van der Waals surface area contributed by atoms with Crippen LogP contribution in [0.25, 0.3) is 0 Å². The van der Waals surface area contributed by atoms with Crippen LogP contribution in [0.3, 0.4) is 0 Å². The van der Waals surface area contributed by atoms with E-state index in [0.29, 0.717) is 6.42 Å². The fourth-order valence-electron chi connectivity index (χ4n) is 2.09. The Labute approximate surface area is 102 Å². The molecule has 1 rings (SSSR count). The minimum absolute atomic E-state index is 0.0510. The highest BCUT2D eigenvalue weighted by molar-refractivity contribution is 5.77. The summed E-state index contributed by atoms with van der Waals surface area (Å²) in [4.78, 5) is 24.4. The quantitative estimate of drug-likeness (QED) is 0.756. The van der Waals surface area contributed by atoms with Crippen molar-refractivity contribution in [3.8, 4) is 0 Å². The molecule has 2 atom stereocenters. The molecule has 0 aromatic carbocycles. The second-order valence-electron chi connectivity index (χ2n) is 5.54. The Morgan fingerprint density at radius 3 is 2.41 bits per heavy atom. The highest BCUT2D eigenvalue weighted by atomic mass is 16.6. The largest absolute Gasteiger partial charge is 0.480 e. The van der Waals surface area contributed by atoms with Crippen molar-refractivity contribution < 1.29 is 19.4 Å². The Kier molecular flexibility index (Phi) is 4.14. The number of carboxylic acids is 1. The predicted octanol–water partition coefficient (Wildman–Crippen LogP) is 1.27. The number of nitrogens with zero attached hydrogens (tertiary/aromatic N) is 1. The topological polar surface area (TPSA) is 66.8 Å². The van der Waals surface area contributed by atoms with E-state index in [1.54, 1.807) is 25.7 Å². The van der Waals surface area contributed by atoms with Gasteiger partial charge in [0, 0.05) is 6.04 Å².